The van der Waals surface area contributed by atoms with Gasteiger partial charge in [-0.3, -0.25) is 0 Å². The van der Waals surface area contributed by atoms with E-state index in [0.717, 1.165) is 44.8 Å². The van der Waals surface area contributed by atoms with Crippen LogP contribution in [-0.4, -0.2) is 19.9 Å². The second-order valence-electron chi connectivity index (χ2n) is 8.71. The van der Waals surface area contributed by atoms with Gasteiger partial charge in [0.2, 0.25) is 0 Å². The van der Waals surface area contributed by atoms with Crippen LogP contribution in [0, 0.1) is 69.2 Å². The van der Waals surface area contributed by atoms with Crippen molar-refractivity contribution in [2.75, 3.05) is 0 Å². The molecule has 154 valence electrons. The van der Waals surface area contributed by atoms with Crippen molar-refractivity contribution in [3.05, 3.63) is 55.9 Å². The molecule has 0 radical (unpaired) electrons. The first-order valence-electron chi connectivity index (χ1n) is 10.5. The van der Waals surface area contributed by atoms with Gasteiger partial charge in [0, 0.05) is 0 Å². The van der Waals surface area contributed by atoms with Gasteiger partial charge in [-0.2, -0.15) is 0 Å². The van der Waals surface area contributed by atoms with Gasteiger partial charge in [0.25, 0.3) is 0 Å². The van der Waals surface area contributed by atoms with Crippen molar-refractivity contribution in [2.24, 2.45) is 0 Å². The fourth-order valence-corrected chi connectivity index (χ4v) is 4.37. The summed E-state index contributed by atoms with van der Waals surface area (Å²) in [6, 6.07) is 0. The van der Waals surface area contributed by atoms with Gasteiger partial charge in [-0.1, -0.05) is 0 Å². The minimum absolute atomic E-state index is 0.829. The summed E-state index contributed by atoms with van der Waals surface area (Å²) < 4.78 is 0. The standard InChI is InChI=1S/C26H30N4/c1-11-13(3)17(7)23-21(15(11)5)27-19(9)25(29-23)26-20(10)28-22-16(6)12(2)14(4)18(8)24(22)30-26/h1-10H3. The van der Waals surface area contributed by atoms with Crippen LogP contribution in [-0.2, 0) is 0 Å². The first-order chi connectivity index (χ1) is 14.0. The third-order valence-corrected chi connectivity index (χ3v) is 7.16. The molecule has 2 aromatic carbocycles. The van der Waals surface area contributed by atoms with Crippen molar-refractivity contribution in [1.29, 1.82) is 0 Å². The van der Waals surface area contributed by atoms with Crippen molar-refractivity contribution in [3.63, 3.8) is 0 Å². The highest BCUT2D eigenvalue weighted by molar-refractivity contribution is 5.88. The fourth-order valence-electron chi connectivity index (χ4n) is 4.37. The topological polar surface area (TPSA) is 51.6 Å². The zero-order chi connectivity index (χ0) is 22.1. The molecule has 4 nitrogen and oxygen atoms in total. The summed E-state index contributed by atoms with van der Waals surface area (Å²) in [5, 5.41) is 0. The number of benzene rings is 2. The highest BCUT2D eigenvalue weighted by Crippen LogP contribution is 2.33. The highest BCUT2D eigenvalue weighted by Gasteiger charge is 2.20. The molecule has 30 heavy (non-hydrogen) atoms. The molecule has 4 aromatic rings. The number of fused-ring (bicyclic) bond motifs is 2. The average molecular weight is 399 g/mol. The van der Waals surface area contributed by atoms with Gasteiger partial charge in [0.1, 0.15) is 11.4 Å². The largest absolute Gasteiger partial charge is 0.249 e. The molecule has 0 atom stereocenters. The number of nitrogens with zero attached hydrogens (tertiary/aromatic N) is 4. The second kappa shape index (κ2) is 6.83. The SMILES string of the molecule is Cc1nc2c(C)c(C)c(C)c(C)c2nc1-c1nc2c(C)c(C)c(C)c(C)c2nc1C. The van der Waals surface area contributed by atoms with Gasteiger partial charge in [-0.15, -0.1) is 0 Å². The van der Waals surface area contributed by atoms with E-state index in [-0.39, 0.29) is 0 Å². The Labute approximate surface area is 178 Å². The van der Waals surface area contributed by atoms with Gasteiger partial charge >= 0.3 is 0 Å². The summed E-state index contributed by atoms with van der Waals surface area (Å²) in [5.41, 5.74) is 17.3. The molecule has 0 spiro atoms. The van der Waals surface area contributed by atoms with E-state index < -0.39 is 0 Å². The first kappa shape index (κ1) is 20.4. The second-order valence-corrected chi connectivity index (χ2v) is 8.71. The zero-order valence-corrected chi connectivity index (χ0v) is 19.8. The summed E-state index contributed by atoms with van der Waals surface area (Å²) in [6.45, 7) is 21.2. The number of hydrogen-bond donors (Lipinski definition) is 0. The van der Waals surface area contributed by atoms with E-state index in [2.05, 4.69) is 55.4 Å². The van der Waals surface area contributed by atoms with Crippen molar-refractivity contribution < 1.29 is 0 Å². The van der Waals surface area contributed by atoms with Crippen molar-refractivity contribution in [1.82, 2.24) is 19.9 Å². The molecule has 0 unspecified atom stereocenters. The lowest BCUT2D eigenvalue weighted by atomic mass is 9.96. The molecule has 4 rings (SSSR count). The maximum absolute atomic E-state index is 5.10. The van der Waals surface area contributed by atoms with Gasteiger partial charge in [-0.05, 0) is 114 Å². The Bertz CT molecular complexity index is 1270. The van der Waals surface area contributed by atoms with Crippen LogP contribution < -0.4 is 0 Å². The minimum Gasteiger partial charge on any atom is -0.249 e. The highest BCUT2D eigenvalue weighted by atomic mass is 14.9. The number of aryl methyl sites for hydroxylation is 6. The summed E-state index contributed by atoms with van der Waals surface area (Å²) >= 11 is 0. The Morgan fingerprint density at radius 3 is 0.800 bits per heavy atom. The molecule has 0 amide bonds. The molecular formula is C26H30N4. The Hall–Kier alpha value is -2.88. The maximum atomic E-state index is 5.10. The Balaban J connectivity index is 2.10. The van der Waals surface area contributed by atoms with Gasteiger partial charge in [0.15, 0.2) is 0 Å². The molecule has 0 aliphatic carbocycles. The molecule has 2 aromatic heterocycles. The lowest BCUT2D eigenvalue weighted by Crippen LogP contribution is -2.06. The molecule has 2 heterocycles. The normalized spacial score (nSPS) is 11.7. The van der Waals surface area contributed by atoms with Crippen LogP contribution in [0.15, 0.2) is 0 Å². The van der Waals surface area contributed by atoms with Crippen molar-refractivity contribution in [3.8, 4) is 11.4 Å². The van der Waals surface area contributed by atoms with E-state index in [4.69, 9.17) is 19.9 Å². The van der Waals surface area contributed by atoms with E-state index >= 15 is 0 Å². The van der Waals surface area contributed by atoms with Gasteiger partial charge < -0.3 is 0 Å². The molecule has 4 heteroatoms. The monoisotopic (exact) mass is 398 g/mol. The third-order valence-electron chi connectivity index (χ3n) is 7.16. The van der Waals surface area contributed by atoms with Gasteiger partial charge in [-0.25, -0.2) is 19.9 Å². The Morgan fingerprint density at radius 2 is 0.533 bits per heavy atom. The predicted molar refractivity (Wildman–Crippen MR) is 125 cm³/mol. The molecule has 0 saturated heterocycles. The molecule has 0 aliphatic heterocycles. The van der Waals surface area contributed by atoms with Gasteiger partial charge in [0.05, 0.1) is 33.5 Å². The molecular weight excluding hydrogens is 368 g/mol. The van der Waals surface area contributed by atoms with E-state index in [9.17, 15) is 0 Å². The van der Waals surface area contributed by atoms with Crippen LogP contribution in [0.5, 0.6) is 0 Å². The lowest BCUT2D eigenvalue weighted by Gasteiger charge is -2.17. The zero-order valence-electron chi connectivity index (χ0n) is 19.8. The van der Waals surface area contributed by atoms with Crippen LogP contribution in [0.4, 0.5) is 0 Å². The Kier molecular flexibility index (Phi) is 4.64. The number of rotatable bonds is 1. The molecule has 0 fully saturated rings. The summed E-state index contributed by atoms with van der Waals surface area (Å²) in [4.78, 5) is 20.2. The molecule has 0 aliphatic rings. The van der Waals surface area contributed by atoms with Crippen molar-refractivity contribution >= 4 is 22.1 Å². The number of aromatic nitrogens is 4. The summed E-state index contributed by atoms with van der Waals surface area (Å²) in [6.07, 6.45) is 0. The van der Waals surface area contributed by atoms with E-state index in [1.165, 1.54) is 44.5 Å². The average Bonchev–Trinajstić information content (AvgIpc) is 2.73. The quantitative estimate of drug-likeness (QED) is 0.376. The van der Waals surface area contributed by atoms with Crippen molar-refractivity contribution in [2.45, 2.75) is 69.2 Å². The van der Waals surface area contributed by atoms with E-state index in [0.29, 0.717) is 0 Å². The van der Waals surface area contributed by atoms with Crippen LogP contribution in [0.2, 0.25) is 0 Å². The summed E-state index contributed by atoms with van der Waals surface area (Å²) in [5.74, 6) is 0. The van der Waals surface area contributed by atoms with Crippen LogP contribution in [0.3, 0.4) is 0 Å². The van der Waals surface area contributed by atoms with Crippen LogP contribution in [0.25, 0.3) is 33.5 Å². The van der Waals surface area contributed by atoms with Crippen LogP contribution >= 0.6 is 0 Å². The molecule has 0 N–H and O–H groups in total. The predicted octanol–water partition coefficient (Wildman–Crippen LogP) is 6.32. The van der Waals surface area contributed by atoms with Crippen LogP contribution in [0.1, 0.15) is 55.9 Å². The third kappa shape index (κ3) is 2.73. The maximum Gasteiger partial charge on any atom is 0.112 e. The minimum atomic E-state index is 0.829. The smallest absolute Gasteiger partial charge is 0.112 e. The lowest BCUT2D eigenvalue weighted by molar-refractivity contribution is 1.10. The van der Waals surface area contributed by atoms with E-state index in [1.807, 2.05) is 13.8 Å². The first-order valence-corrected chi connectivity index (χ1v) is 10.5. The van der Waals surface area contributed by atoms with E-state index in [1.54, 1.807) is 0 Å². The molecule has 0 bridgehead atoms. The fraction of sp³-hybridized carbons (Fsp3) is 0.385. The summed E-state index contributed by atoms with van der Waals surface area (Å²) in [7, 11) is 0. The Morgan fingerprint density at radius 1 is 0.300 bits per heavy atom. The number of hydrogen-bond acceptors (Lipinski definition) is 4. The molecule has 0 saturated carbocycles.